The molecule has 19 heavy (non-hydrogen) atoms. The van der Waals surface area contributed by atoms with Gasteiger partial charge in [-0.1, -0.05) is 42.5 Å². The Hall–Kier alpha value is -1.64. The van der Waals surface area contributed by atoms with Crippen LogP contribution in [0.5, 0.6) is 0 Å². The highest BCUT2D eigenvalue weighted by molar-refractivity contribution is 7.15. The molecule has 1 aromatic heterocycles. The molecular formula is C17H17NS. The molecule has 1 atom stereocenters. The van der Waals surface area contributed by atoms with E-state index in [-0.39, 0.29) is 0 Å². The van der Waals surface area contributed by atoms with E-state index in [0.29, 0.717) is 6.04 Å². The molecule has 0 aliphatic heterocycles. The summed E-state index contributed by atoms with van der Waals surface area (Å²) in [4.78, 5) is 2.72. The Labute approximate surface area is 117 Å². The highest BCUT2D eigenvalue weighted by atomic mass is 32.1. The molecule has 0 aliphatic rings. The van der Waals surface area contributed by atoms with Crippen molar-refractivity contribution in [2.75, 3.05) is 7.05 Å². The Morgan fingerprint density at radius 1 is 0.947 bits per heavy atom. The van der Waals surface area contributed by atoms with Gasteiger partial charge in [-0.05, 0) is 42.4 Å². The average molecular weight is 267 g/mol. The highest BCUT2D eigenvalue weighted by Crippen LogP contribution is 2.35. The number of hydrogen-bond acceptors (Lipinski definition) is 2. The first-order valence-electron chi connectivity index (χ1n) is 6.54. The Bertz CT molecular complexity index is 694. The van der Waals surface area contributed by atoms with E-state index in [1.54, 1.807) is 0 Å². The van der Waals surface area contributed by atoms with E-state index < -0.39 is 0 Å². The van der Waals surface area contributed by atoms with E-state index in [9.17, 15) is 0 Å². The number of thiophene rings is 1. The SMILES string of the molecule is CNC(C)c1ccc(-c2cccc3ccccc23)s1. The summed E-state index contributed by atoms with van der Waals surface area (Å²) < 4.78 is 0. The maximum absolute atomic E-state index is 3.29. The van der Waals surface area contributed by atoms with Crippen molar-refractivity contribution in [2.45, 2.75) is 13.0 Å². The largest absolute Gasteiger partial charge is 0.313 e. The number of hydrogen-bond donors (Lipinski definition) is 1. The Kier molecular flexibility index (Phi) is 3.36. The van der Waals surface area contributed by atoms with Crippen LogP contribution in [0.25, 0.3) is 21.2 Å². The van der Waals surface area contributed by atoms with Crippen molar-refractivity contribution in [2.24, 2.45) is 0 Å². The molecule has 2 aromatic carbocycles. The predicted octanol–water partition coefficient (Wildman–Crippen LogP) is 4.85. The summed E-state index contributed by atoms with van der Waals surface area (Å²) in [5, 5.41) is 5.93. The summed E-state index contributed by atoms with van der Waals surface area (Å²) in [6.07, 6.45) is 0. The molecule has 0 fully saturated rings. The fourth-order valence-corrected chi connectivity index (χ4v) is 3.42. The van der Waals surface area contributed by atoms with Crippen molar-refractivity contribution in [3.05, 3.63) is 59.5 Å². The third-order valence-electron chi connectivity index (χ3n) is 3.54. The monoisotopic (exact) mass is 267 g/mol. The van der Waals surface area contributed by atoms with Crippen molar-refractivity contribution in [1.82, 2.24) is 5.32 Å². The summed E-state index contributed by atoms with van der Waals surface area (Å²) in [6.45, 7) is 2.19. The lowest BCUT2D eigenvalue weighted by Gasteiger charge is -2.07. The standard InChI is InChI=1S/C17H17NS/c1-12(18-2)16-10-11-17(19-16)15-9-5-7-13-6-3-4-8-14(13)15/h3-12,18H,1-2H3. The molecule has 2 heteroatoms. The van der Waals surface area contributed by atoms with Crippen LogP contribution in [0.4, 0.5) is 0 Å². The molecule has 1 unspecified atom stereocenters. The van der Waals surface area contributed by atoms with Gasteiger partial charge >= 0.3 is 0 Å². The first-order valence-corrected chi connectivity index (χ1v) is 7.36. The minimum Gasteiger partial charge on any atom is -0.313 e. The van der Waals surface area contributed by atoms with Crippen molar-refractivity contribution in [3.63, 3.8) is 0 Å². The minimum absolute atomic E-state index is 0.411. The molecule has 3 aromatic rings. The zero-order valence-corrected chi connectivity index (χ0v) is 12.0. The van der Waals surface area contributed by atoms with Crippen LogP contribution in [-0.4, -0.2) is 7.05 Å². The fourth-order valence-electron chi connectivity index (χ4n) is 2.31. The van der Waals surface area contributed by atoms with Crippen LogP contribution >= 0.6 is 11.3 Å². The molecule has 96 valence electrons. The van der Waals surface area contributed by atoms with Gasteiger partial charge in [0.25, 0.3) is 0 Å². The fraction of sp³-hybridized carbons (Fsp3) is 0.176. The van der Waals surface area contributed by atoms with Gasteiger partial charge in [-0.25, -0.2) is 0 Å². The van der Waals surface area contributed by atoms with Crippen molar-refractivity contribution in [3.8, 4) is 10.4 Å². The summed E-state index contributed by atoms with van der Waals surface area (Å²) in [5.74, 6) is 0. The second kappa shape index (κ2) is 5.16. The van der Waals surface area contributed by atoms with Crippen molar-refractivity contribution in [1.29, 1.82) is 0 Å². The first kappa shape index (κ1) is 12.4. The van der Waals surface area contributed by atoms with Gasteiger partial charge in [-0.15, -0.1) is 11.3 Å². The van der Waals surface area contributed by atoms with E-state index >= 15 is 0 Å². The lowest BCUT2D eigenvalue weighted by atomic mass is 10.0. The second-order valence-corrected chi connectivity index (χ2v) is 5.85. The number of rotatable bonds is 3. The molecule has 0 amide bonds. The van der Waals surface area contributed by atoms with Crippen LogP contribution in [0.3, 0.4) is 0 Å². The topological polar surface area (TPSA) is 12.0 Å². The van der Waals surface area contributed by atoms with Crippen molar-refractivity contribution >= 4 is 22.1 Å². The lowest BCUT2D eigenvalue weighted by Crippen LogP contribution is -2.10. The van der Waals surface area contributed by atoms with Gasteiger partial charge < -0.3 is 5.32 Å². The van der Waals surface area contributed by atoms with Gasteiger partial charge in [0.05, 0.1) is 0 Å². The zero-order chi connectivity index (χ0) is 13.2. The molecule has 1 nitrogen and oxygen atoms in total. The van der Waals surface area contributed by atoms with E-state index in [4.69, 9.17) is 0 Å². The van der Waals surface area contributed by atoms with Crippen LogP contribution < -0.4 is 5.32 Å². The highest BCUT2D eigenvalue weighted by Gasteiger charge is 2.09. The normalized spacial score (nSPS) is 12.7. The second-order valence-electron chi connectivity index (χ2n) is 4.74. The molecule has 3 rings (SSSR count). The molecule has 1 heterocycles. The van der Waals surface area contributed by atoms with Gasteiger partial charge in [0, 0.05) is 15.8 Å². The lowest BCUT2D eigenvalue weighted by molar-refractivity contribution is 0.664. The molecule has 0 saturated heterocycles. The third-order valence-corrected chi connectivity index (χ3v) is 4.84. The molecule has 0 bridgehead atoms. The van der Waals surface area contributed by atoms with Gasteiger partial charge in [0.15, 0.2) is 0 Å². The van der Waals surface area contributed by atoms with Crippen LogP contribution in [-0.2, 0) is 0 Å². The van der Waals surface area contributed by atoms with Gasteiger partial charge in [-0.2, -0.15) is 0 Å². The maximum atomic E-state index is 3.29. The molecule has 0 aliphatic carbocycles. The molecule has 0 radical (unpaired) electrons. The Morgan fingerprint density at radius 2 is 1.74 bits per heavy atom. The van der Waals surface area contributed by atoms with Crippen LogP contribution in [0.1, 0.15) is 17.8 Å². The van der Waals surface area contributed by atoms with E-state index in [0.717, 1.165) is 0 Å². The summed E-state index contributed by atoms with van der Waals surface area (Å²) in [7, 11) is 2.00. The Morgan fingerprint density at radius 3 is 2.58 bits per heavy atom. The average Bonchev–Trinajstić information content (AvgIpc) is 2.95. The molecule has 0 saturated carbocycles. The van der Waals surface area contributed by atoms with Gasteiger partial charge in [0.1, 0.15) is 0 Å². The van der Waals surface area contributed by atoms with Crippen molar-refractivity contribution < 1.29 is 0 Å². The minimum atomic E-state index is 0.411. The van der Waals surface area contributed by atoms with Gasteiger partial charge in [-0.3, -0.25) is 0 Å². The Balaban J connectivity index is 2.12. The van der Waals surface area contributed by atoms with E-state index in [1.165, 1.54) is 26.1 Å². The number of benzene rings is 2. The molecule has 1 N–H and O–H groups in total. The van der Waals surface area contributed by atoms with E-state index in [1.807, 2.05) is 18.4 Å². The molecule has 0 spiro atoms. The van der Waals surface area contributed by atoms with Gasteiger partial charge in [0.2, 0.25) is 0 Å². The molecular weight excluding hydrogens is 250 g/mol. The zero-order valence-electron chi connectivity index (χ0n) is 11.2. The summed E-state index contributed by atoms with van der Waals surface area (Å²) >= 11 is 1.87. The van der Waals surface area contributed by atoms with Crippen LogP contribution in [0.2, 0.25) is 0 Å². The predicted molar refractivity (Wildman–Crippen MR) is 84.7 cm³/mol. The smallest absolute Gasteiger partial charge is 0.0383 e. The third kappa shape index (κ3) is 2.29. The summed E-state index contributed by atoms with van der Waals surface area (Å²) in [6, 6.07) is 20.0. The van der Waals surface area contributed by atoms with Crippen LogP contribution in [0, 0.1) is 0 Å². The maximum Gasteiger partial charge on any atom is 0.0383 e. The number of nitrogens with one attached hydrogen (secondary N) is 1. The van der Waals surface area contributed by atoms with Crippen LogP contribution in [0.15, 0.2) is 54.6 Å². The van der Waals surface area contributed by atoms with E-state index in [2.05, 4.69) is 66.8 Å². The summed E-state index contributed by atoms with van der Waals surface area (Å²) in [5.41, 5.74) is 1.33. The number of fused-ring (bicyclic) bond motifs is 1. The quantitative estimate of drug-likeness (QED) is 0.715. The first-order chi connectivity index (χ1) is 9.29.